The molecule has 0 saturated heterocycles. The molecular formula is C25H25F2N3O2. The molecule has 5 nitrogen and oxygen atoms in total. The van der Waals surface area contributed by atoms with Crippen molar-refractivity contribution in [2.45, 2.75) is 39.7 Å². The van der Waals surface area contributed by atoms with Crippen LogP contribution in [0.2, 0.25) is 0 Å². The van der Waals surface area contributed by atoms with Crippen LogP contribution in [0, 0.1) is 13.8 Å². The van der Waals surface area contributed by atoms with Crippen molar-refractivity contribution >= 4 is 17.5 Å². The van der Waals surface area contributed by atoms with Crippen molar-refractivity contribution < 1.29 is 18.4 Å². The molecule has 32 heavy (non-hydrogen) atoms. The second kappa shape index (κ2) is 9.26. The van der Waals surface area contributed by atoms with E-state index in [0.29, 0.717) is 11.3 Å². The highest BCUT2D eigenvalue weighted by molar-refractivity contribution is 5.98. The molecule has 7 heteroatoms. The Morgan fingerprint density at radius 1 is 1.00 bits per heavy atom. The highest BCUT2D eigenvalue weighted by Gasteiger charge is 2.40. The normalized spacial score (nSPS) is 11.3. The third kappa shape index (κ3) is 4.99. The quantitative estimate of drug-likeness (QED) is 0.554. The lowest BCUT2D eigenvalue weighted by molar-refractivity contribution is -0.140. The first-order valence-electron chi connectivity index (χ1n) is 10.2. The van der Waals surface area contributed by atoms with Gasteiger partial charge in [0.15, 0.2) is 0 Å². The molecule has 0 unspecified atom stereocenters. The molecule has 1 heterocycles. The zero-order valence-electron chi connectivity index (χ0n) is 18.4. The maximum atomic E-state index is 14.5. The molecule has 0 saturated carbocycles. The predicted molar refractivity (Wildman–Crippen MR) is 121 cm³/mol. The fraction of sp³-hybridized carbons (Fsp3) is 0.240. The summed E-state index contributed by atoms with van der Waals surface area (Å²) in [5.74, 6) is -5.27. The van der Waals surface area contributed by atoms with Gasteiger partial charge in [0.1, 0.15) is 0 Å². The molecule has 0 bridgehead atoms. The van der Waals surface area contributed by atoms with Gasteiger partial charge in [-0.05, 0) is 57.0 Å². The Morgan fingerprint density at radius 2 is 1.69 bits per heavy atom. The van der Waals surface area contributed by atoms with Crippen LogP contribution in [0.3, 0.4) is 0 Å². The number of hydrogen-bond donors (Lipinski definition) is 2. The first-order chi connectivity index (χ1) is 15.1. The first kappa shape index (κ1) is 23.1. The molecule has 0 fully saturated rings. The lowest BCUT2D eigenvalue weighted by Crippen LogP contribution is -2.32. The van der Waals surface area contributed by atoms with Gasteiger partial charge in [0.05, 0.1) is 11.3 Å². The molecule has 0 aliphatic rings. The Kier molecular flexibility index (Phi) is 6.67. The Hall–Kier alpha value is -3.61. The number of alkyl halides is 2. The molecule has 3 aromatic rings. The van der Waals surface area contributed by atoms with E-state index in [1.165, 1.54) is 24.3 Å². The summed E-state index contributed by atoms with van der Waals surface area (Å²) < 4.78 is 28.9. The first-order valence-corrected chi connectivity index (χ1v) is 10.2. The van der Waals surface area contributed by atoms with Gasteiger partial charge in [-0.2, -0.15) is 8.78 Å². The van der Waals surface area contributed by atoms with Crippen molar-refractivity contribution in [3.8, 4) is 11.1 Å². The number of rotatable bonds is 6. The smallest absolute Gasteiger partial charge is 0.350 e. The van der Waals surface area contributed by atoms with Crippen molar-refractivity contribution in [2.75, 3.05) is 5.32 Å². The monoisotopic (exact) mass is 437 g/mol. The van der Waals surface area contributed by atoms with Crippen LogP contribution in [-0.4, -0.2) is 22.8 Å². The Morgan fingerprint density at radius 3 is 2.31 bits per heavy atom. The van der Waals surface area contributed by atoms with E-state index in [1.54, 1.807) is 50.4 Å². The number of carbonyl (C=O) groups is 2. The van der Waals surface area contributed by atoms with Crippen LogP contribution < -0.4 is 10.6 Å². The van der Waals surface area contributed by atoms with Crippen LogP contribution in [0.1, 0.15) is 41.0 Å². The van der Waals surface area contributed by atoms with E-state index in [1.807, 2.05) is 13.8 Å². The average Bonchev–Trinajstić information content (AvgIpc) is 2.74. The van der Waals surface area contributed by atoms with Gasteiger partial charge in [0, 0.05) is 29.1 Å². The fourth-order valence-electron chi connectivity index (χ4n) is 3.30. The summed E-state index contributed by atoms with van der Waals surface area (Å²) in [5, 5.41) is 5.15. The van der Waals surface area contributed by atoms with Gasteiger partial charge in [-0.1, -0.05) is 36.4 Å². The fourth-order valence-corrected chi connectivity index (χ4v) is 3.30. The topological polar surface area (TPSA) is 71.1 Å². The number of nitrogens with one attached hydrogen (secondary N) is 2. The van der Waals surface area contributed by atoms with Crippen LogP contribution in [0.15, 0.2) is 60.8 Å². The Balaban J connectivity index is 1.84. The van der Waals surface area contributed by atoms with Crippen molar-refractivity contribution in [1.82, 2.24) is 10.3 Å². The number of nitrogens with zero attached hydrogens (tertiary/aromatic N) is 1. The molecule has 1 aromatic heterocycles. The van der Waals surface area contributed by atoms with Gasteiger partial charge in [-0.15, -0.1) is 0 Å². The highest BCUT2D eigenvalue weighted by Crippen LogP contribution is 2.31. The van der Waals surface area contributed by atoms with Crippen LogP contribution in [-0.2, 0) is 10.7 Å². The average molecular weight is 437 g/mol. The van der Waals surface area contributed by atoms with Gasteiger partial charge in [-0.3, -0.25) is 14.6 Å². The number of benzene rings is 2. The molecule has 0 aliphatic heterocycles. The maximum absolute atomic E-state index is 14.5. The summed E-state index contributed by atoms with van der Waals surface area (Å²) in [4.78, 5) is 29.0. The number of carbonyl (C=O) groups excluding carboxylic acids is 2. The molecule has 0 atom stereocenters. The van der Waals surface area contributed by atoms with Crippen LogP contribution in [0.5, 0.6) is 0 Å². The number of anilines is 1. The van der Waals surface area contributed by atoms with Gasteiger partial charge in [0.25, 0.3) is 11.8 Å². The van der Waals surface area contributed by atoms with Gasteiger partial charge in [-0.25, -0.2) is 0 Å². The molecule has 166 valence electrons. The Bertz CT molecular complexity index is 1150. The zero-order chi connectivity index (χ0) is 23.5. The minimum absolute atomic E-state index is 0.01000. The number of hydrogen-bond acceptors (Lipinski definition) is 3. The largest absolute Gasteiger partial charge is 0.350 e. The van der Waals surface area contributed by atoms with E-state index in [9.17, 15) is 18.4 Å². The number of aromatic nitrogens is 1. The zero-order valence-corrected chi connectivity index (χ0v) is 18.4. The number of pyridine rings is 1. The molecule has 3 rings (SSSR count). The van der Waals surface area contributed by atoms with E-state index in [-0.39, 0.29) is 23.2 Å². The third-order valence-electron chi connectivity index (χ3n) is 4.97. The maximum Gasteiger partial charge on any atom is 0.350 e. The Labute approximate surface area is 185 Å². The minimum atomic E-state index is -3.66. The summed E-state index contributed by atoms with van der Waals surface area (Å²) in [5.41, 5.74) is 3.20. The lowest BCUT2D eigenvalue weighted by Gasteiger charge is -2.17. The summed E-state index contributed by atoms with van der Waals surface area (Å²) in [6.45, 7) is 7.32. The third-order valence-corrected chi connectivity index (χ3v) is 4.97. The summed E-state index contributed by atoms with van der Waals surface area (Å²) in [6.07, 6.45) is 1.66. The SMILES string of the molecule is Cc1cc(NC(=O)C(F)(F)c2ccccc2)ccc1-c1cnc(C)c(C(=O)NC(C)C)c1. The summed E-state index contributed by atoms with van der Waals surface area (Å²) >= 11 is 0. The number of aryl methyl sites for hydroxylation is 2. The van der Waals surface area contributed by atoms with E-state index < -0.39 is 11.8 Å². The predicted octanol–water partition coefficient (Wildman–Crippen LogP) is 5.23. The molecular weight excluding hydrogens is 412 g/mol. The van der Waals surface area contributed by atoms with E-state index >= 15 is 0 Å². The van der Waals surface area contributed by atoms with E-state index in [4.69, 9.17) is 0 Å². The molecule has 2 N–H and O–H groups in total. The molecule has 0 radical (unpaired) electrons. The lowest BCUT2D eigenvalue weighted by atomic mass is 9.99. The van der Waals surface area contributed by atoms with Crippen LogP contribution in [0.4, 0.5) is 14.5 Å². The second-order valence-electron chi connectivity index (χ2n) is 7.91. The van der Waals surface area contributed by atoms with Crippen molar-refractivity contribution in [3.05, 3.63) is 83.2 Å². The van der Waals surface area contributed by atoms with Crippen molar-refractivity contribution in [3.63, 3.8) is 0 Å². The highest BCUT2D eigenvalue weighted by atomic mass is 19.3. The van der Waals surface area contributed by atoms with Crippen LogP contribution in [0.25, 0.3) is 11.1 Å². The van der Waals surface area contributed by atoms with Crippen molar-refractivity contribution in [1.29, 1.82) is 0 Å². The standard InChI is InChI=1S/C25H25F2N3O2/c1-15(2)29-23(31)22-13-18(14-28-17(22)4)21-11-10-20(12-16(21)3)30-24(32)25(26,27)19-8-6-5-7-9-19/h5-15H,1-4H3,(H,29,31)(H,30,32). The van der Waals surface area contributed by atoms with Gasteiger partial charge < -0.3 is 10.6 Å². The van der Waals surface area contributed by atoms with Gasteiger partial charge >= 0.3 is 5.92 Å². The molecule has 0 aliphatic carbocycles. The van der Waals surface area contributed by atoms with E-state index in [2.05, 4.69) is 15.6 Å². The van der Waals surface area contributed by atoms with Gasteiger partial charge in [0.2, 0.25) is 0 Å². The van der Waals surface area contributed by atoms with Crippen molar-refractivity contribution in [2.24, 2.45) is 0 Å². The number of amides is 2. The molecule has 2 aromatic carbocycles. The molecule has 2 amide bonds. The summed E-state index contributed by atoms with van der Waals surface area (Å²) in [6, 6.07) is 13.6. The summed E-state index contributed by atoms with van der Waals surface area (Å²) in [7, 11) is 0. The van der Waals surface area contributed by atoms with E-state index in [0.717, 1.165) is 16.7 Å². The minimum Gasteiger partial charge on any atom is -0.350 e. The van der Waals surface area contributed by atoms with Crippen LogP contribution >= 0.6 is 0 Å². The molecule has 0 spiro atoms. The number of halogens is 2. The second-order valence-corrected chi connectivity index (χ2v) is 7.91.